The van der Waals surface area contributed by atoms with E-state index in [0.717, 1.165) is 38.5 Å². The fourth-order valence-electron chi connectivity index (χ4n) is 14.4. The molecule has 0 spiro atoms. The van der Waals surface area contributed by atoms with Crippen LogP contribution in [-0.2, 0) is 33.3 Å². The highest BCUT2D eigenvalue weighted by atomic mass is 16.7. The first-order valence-electron chi connectivity index (χ1n) is 45.3. The summed E-state index contributed by atoms with van der Waals surface area (Å²) in [5.41, 5.74) is 0. The summed E-state index contributed by atoms with van der Waals surface area (Å²) in [7, 11) is 5.96. The molecule has 0 saturated carbocycles. The van der Waals surface area contributed by atoms with Gasteiger partial charge in [0.25, 0.3) is 0 Å². The van der Waals surface area contributed by atoms with Gasteiger partial charge in [-0.1, -0.05) is 456 Å². The minimum absolute atomic E-state index is 0.153. The maximum Gasteiger partial charge on any atom is 0.306 e. The Morgan fingerprint density at radius 3 is 0.740 bits per heavy atom. The fraction of sp³-hybridized carbons (Fsp3) is 0.945. The third-order valence-electron chi connectivity index (χ3n) is 21.3. The van der Waals surface area contributed by atoms with Crippen molar-refractivity contribution < 1.29 is 42.9 Å². The van der Waals surface area contributed by atoms with Crippen LogP contribution in [0.15, 0.2) is 12.2 Å². The Bertz CT molecular complexity index is 1650. The smallest absolute Gasteiger partial charge is 0.306 e. The number of carboxylic acid groups (broad SMARTS) is 1. The molecule has 0 radical (unpaired) electrons. The van der Waals surface area contributed by atoms with Crippen molar-refractivity contribution >= 4 is 17.9 Å². The molecule has 100 heavy (non-hydrogen) atoms. The lowest BCUT2D eigenvalue weighted by molar-refractivity contribution is -0.870. The lowest BCUT2D eigenvalue weighted by atomic mass is 10.0. The Kier molecular flexibility index (Phi) is 81.1. The van der Waals surface area contributed by atoms with Crippen molar-refractivity contribution in [1.29, 1.82) is 0 Å². The monoisotopic (exact) mass is 1410 g/mol. The van der Waals surface area contributed by atoms with Crippen LogP contribution < -0.4 is 5.11 Å². The molecule has 0 amide bonds. The molecule has 0 heterocycles. The lowest BCUT2D eigenvalue weighted by Gasteiger charge is -2.26. The van der Waals surface area contributed by atoms with Crippen LogP contribution >= 0.6 is 0 Å². The van der Waals surface area contributed by atoms with Gasteiger partial charge in [-0.05, 0) is 38.5 Å². The van der Waals surface area contributed by atoms with Crippen LogP contribution in [0, 0.1) is 0 Å². The molecule has 9 nitrogen and oxygen atoms in total. The van der Waals surface area contributed by atoms with Gasteiger partial charge in [0, 0.05) is 12.8 Å². The SMILES string of the molecule is CCCCCCCCCC/C=C\CCCCCCCCCCCCCCCCCCCCCCCCCCCCCCCC(=O)OC(COC(=O)CCCCCCCCCCCCCCCCCCCCCCCCCCCCCCCCCCCC)COC(OCC[N+](C)(C)C)C(=O)[O-]. The Balaban J connectivity index is 3.87. The van der Waals surface area contributed by atoms with Crippen molar-refractivity contribution in [2.45, 2.75) is 508 Å². The number of carbonyl (C=O) groups excluding carboxylic acids is 3. The van der Waals surface area contributed by atoms with Crippen molar-refractivity contribution in [1.82, 2.24) is 0 Å². The first-order chi connectivity index (χ1) is 49.1. The first-order valence-corrected chi connectivity index (χ1v) is 45.3. The van der Waals surface area contributed by atoms with Gasteiger partial charge in [0.15, 0.2) is 12.4 Å². The standard InChI is InChI=1S/C91H177NO8/c1-6-8-10-12-14-16-18-20-22-24-26-28-30-32-34-36-38-40-42-43-44-45-46-47-48-50-52-54-56-58-60-62-64-66-68-70-72-74-76-78-80-82-89(94)100-87(86-99-91(90(95)96)97-84-83-92(3,4)5)85-98-88(93)81-79-77-75-73-71-69-67-65-63-61-59-57-55-53-51-49-41-39-37-35-33-31-29-27-25-23-21-19-17-15-13-11-9-7-2/h24,26,87,91H,6-23,25,27-86H2,1-5H3/b26-24-. The minimum Gasteiger partial charge on any atom is -0.545 e. The molecule has 0 aliphatic heterocycles. The second kappa shape index (κ2) is 82.7. The molecule has 0 fully saturated rings. The number of carbonyl (C=O) groups is 3. The molecule has 0 aromatic carbocycles. The number of quaternary nitrogens is 1. The third kappa shape index (κ3) is 83.3. The summed E-state index contributed by atoms with van der Waals surface area (Å²) in [6, 6.07) is 0. The second-order valence-electron chi connectivity index (χ2n) is 32.6. The first kappa shape index (κ1) is 98.0. The summed E-state index contributed by atoms with van der Waals surface area (Å²) in [6.45, 7) is 4.86. The molecular formula is C91H177NO8. The average Bonchev–Trinajstić information content (AvgIpc) is 1.08. The molecule has 0 aliphatic carbocycles. The summed E-state index contributed by atoms with van der Waals surface area (Å²) < 4.78 is 22.9. The lowest BCUT2D eigenvalue weighted by Crippen LogP contribution is -2.44. The number of rotatable bonds is 87. The average molecular weight is 1410 g/mol. The van der Waals surface area contributed by atoms with Gasteiger partial charge in [0.1, 0.15) is 13.2 Å². The van der Waals surface area contributed by atoms with Crippen LogP contribution in [0.3, 0.4) is 0 Å². The van der Waals surface area contributed by atoms with E-state index in [4.69, 9.17) is 18.9 Å². The van der Waals surface area contributed by atoms with E-state index in [1.807, 2.05) is 21.1 Å². The zero-order valence-electron chi connectivity index (χ0n) is 68.4. The number of ether oxygens (including phenoxy) is 4. The van der Waals surface area contributed by atoms with Crippen LogP contribution in [0.25, 0.3) is 0 Å². The molecule has 0 aliphatic rings. The summed E-state index contributed by atoms with van der Waals surface area (Å²) in [5.74, 6) is -2.24. The van der Waals surface area contributed by atoms with Crippen LogP contribution in [0.5, 0.6) is 0 Å². The van der Waals surface area contributed by atoms with Gasteiger partial charge >= 0.3 is 11.9 Å². The zero-order valence-corrected chi connectivity index (χ0v) is 68.4. The maximum atomic E-state index is 13.0. The highest BCUT2D eigenvalue weighted by molar-refractivity contribution is 5.70. The number of allylic oxidation sites excluding steroid dienone is 2. The third-order valence-corrected chi connectivity index (χ3v) is 21.3. The van der Waals surface area contributed by atoms with Gasteiger partial charge in [0.05, 0.1) is 40.3 Å². The van der Waals surface area contributed by atoms with Crippen molar-refractivity contribution in [3.8, 4) is 0 Å². The van der Waals surface area contributed by atoms with Crippen molar-refractivity contribution in [3.63, 3.8) is 0 Å². The molecular weight excluding hydrogens is 1230 g/mol. The second-order valence-corrected chi connectivity index (χ2v) is 32.6. The number of unbranched alkanes of at least 4 members (excludes halogenated alkanes) is 70. The number of likely N-dealkylation sites (N-methyl/N-ethyl adjacent to an activating group) is 1. The minimum atomic E-state index is -1.62. The predicted octanol–water partition coefficient (Wildman–Crippen LogP) is 28.1. The van der Waals surface area contributed by atoms with Gasteiger partial charge in [-0.15, -0.1) is 0 Å². The van der Waals surface area contributed by atoms with E-state index in [2.05, 4.69) is 26.0 Å². The highest BCUT2D eigenvalue weighted by Crippen LogP contribution is 2.22. The van der Waals surface area contributed by atoms with Crippen molar-refractivity contribution in [2.24, 2.45) is 0 Å². The number of nitrogens with zero attached hydrogens (tertiary/aromatic N) is 1. The summed E-state index contributed by atoms with van der Waals surface area (Å²) in [4.78, 5) is 37.7. The number of hydrogen-bond acceptors (Lipinski definition) is 8. The zero-order chi connectivity index (χ0) is 72.5. The molecule has 2 atom stereocenters. The van der Waals surface area contributed by atoms with Crippen LogP contribution in [-0.4, -0.2) is 82.3 Å². The largest absolute Gasteiger partial charge is 0.545 e. The quantitative estimate of drug-likeness (QED) is 0.0195. The number of hydrogen-bond donors (Lipinski definition) is 0. The van der Waals surface area contributed by atoms with Crippen LogP contribution in [0.1, 0.15) is 495 Å². The molecule has 0 rings (SSSR count). The van der Waals surface area contributed by atoms with Gasteiger partial charge in [-0.3, -0.25) is 9.59 Å². The Hall–Kier alpha value is -1.97. The van der Waals surface area contributed by atoms with Crippen molar-refractivity contribution in [2.75, 3.05) is 47.5 Å². The Morgan fingerprint density at radius 2 is 0.510 bits per heavy atom. The maximum absolute atomic E-state index is 13.0. The van der Waals surface area contributed by atoms with Crippen LogP contribution in [0.4, 0.5) is 0 Å². The van der Waals surface area contributed by atoms with E-state index in [1.165, 1.54) is 430 Å². The Labute approximate surface area is 625 Å². The Morgan fingerprint density at radius 1 is 0.290 bits per heavy atom. The summed E-state index contributed by atoms with van der Waals surface area (Å²) >= 11 is 0. The van der Waals surface area contributed by atoms with E-state index in [0.29, 0.717) is 17.4 Å². The van der Waals surface area contributed by atoms with Gasteiger partial charge in [-0.25, -0.2) is 0 Å². The van der Waals surface area contributed by atoms with E-state index in [9.17, 15) is 19.5 Å². The highest BCUT2D eigenvalue weighted by Gasteiger charge is 2.22. The fourth-order valence-corrected chi connectivity index (χ4v) is 14.4. The number of esters is 2. The van der Waals surface area contributed by atoms with E-state index < -0.39 is 24.3 Å². The molecule has 0 aromatic rings. The molecule has 0 bridgehead atoms. The van der Waals surface area contributed by atoms with E-state index in [-0.39, 0.29) is 32.2 Å². The predicted molar refractivity (Wildman–Crippen MR) is 431 cm³/mol. The summed E-state index contributed by atoms with van der Waals surface area (Å²) in [6.07, 6.45) is 103. The molecule has 2 unspecified atom stereocenters. The van der Waals surface area contributed by atoms with Crippen LogP contribution in [0.2, 0.25) is 0 Å². The van der Waals surface area contributed by atoms with Gasteiger partial charge in [0.2, 0.25) is 0 Å². The molecule has 594 valence electrons. The van der Waals surface area contributed by atoms with Gasteiger partial charge in [-0.2, -0.15) is 0 Å². The molecule has 0 N–H and O–H groups in total. The normalized spacial score (nSPS) is 12.5. The molecule has 0 saturated heterocycles. The molecule has 9 heteroatoms. The van der Waals surface area contributed by atoms with Gasteiger partial charge < -0.3 is 33.3 Å². The number of carboxylic acids is 1. The number of aliphatic carboxylic acids is 1. The topological polar surface area (TPSA) is 111 Å². The molecule has 0 aromatic heterocycles. The summed E-state index contributed by atoms with van der Waals surface area (Å²) in [5, 5.41) is 11.9. The van der Waals surface area contributed by atoms with Crippen molar-refractivity contribution in [3.05, 3.63) is 12.2 Å². The van der Waals surface area contributed by atoms with E-state index in [1.54, 1.807) is 0 Å². The van der Waals surface area contributed by atoms with E-state index >= 15 is 0 Å².